The van der Waals surface area contributed by atoms with Crippen molar-refractivity contribution in [2.45, 2.75) is 13.2 Å². The Balaban J connectivity index is 0.00000361. The highest BCUT2D eigenvalue weighted by molar-refractivity contribution is 14.0. The van der Waals surface area contributed by atoms with Crippen LogP contribution >= 0.6 is 24.0 Å². The van der Waals surface area contributed by atoms with Crippen molar-refractivity contribution in [3.63, 3.8) is 0 Å². The molecule has 0 amide bonds. The Morgan fingerprint density at radius 3 is 2.80 bits per heavy atom. The second kappa shape index (κ2) is 10.4. The Morgan fingerprint density at radius 2 is 2.20 bits per heavy atom. The largest absolute Gasteiger partial charge is 0.435 e. The Labute approximate surface area is 134 Å². The second-order valence-electron chi connectivity index (χ2n) is 3.62. The van der Waals surface area contributed by atoms with Crippen molar-refractivity contribution in [3.05, 3.63) is 42.5 Å². The summed E-state index contributed by atoms with van der Waals surface area (Å²) in [5.74, 6) is 0.753. The van der Waals surface area contributed by atoms with Gasteiger partial charge in [-0.3, -0.25) is 4.99 Å². The van der Waals surface area contributed by atoms with E-state index in [-0.39, 0.29) is 29.7 Å². The molecule has 1 rings (SSSR count). The predicted molar refractivity (Wildman–Crippen MR) is 86.9 cm³/mol. The van der Waals surface area contributed by atoms with Gasteiger partial charge in [0.25, 0.3) is 0 Å². The Hall–Kier alpha value is -1.38. The zero-order chi connectivity index (χ0) is 14.1. The first-order chi connectivity index (χ1) is 9.15. The van der Waals surface area contributed by atoms with Crippen molar-refractivity contribution < 1.29 is 13.5 Å². The number of nitrogens with one attached hydrogen (secondary N) is 2. The van der Waals surface area contributed by atoms with Crippen LogP contribution in [0.3, 0.4) is 0 Å². The maximum Gasteiger partial charge on any atom is 0.387 e. The molecule has 112 valence electrons. The van der Waals surface area contributed by atoms with Crippen LogP contribution in [0, 0.1) is 0 Å². The summed E-state index contributed by atoms with van der Waals surface area (Å²) < 4.78 is 28.5. The average Bonchev–Trinajstić information content (AvgIpc) is 2.38. The molecular weight excluding hydrogens is 379 g/mol. The van der Waals surface area contributed by atoms with Gasteiger partial charge in [-0.25, -0.2) is 0 Å². The lowest BCUT2D eigenvalue weighted by molar-refractivity contribution is -0.0498. The Morgan fingerprint density at radius 1 is 1.45 bits per heavy atom. The van der Waals surface area contributed by atoms with Crippen molar-refractivity contribution in [2.24, 2.45) is 4.99 Å². The van der Waals surface area contributed by atoms with E-state index in [2.05, 4.69) is 26.9 Å². The number of halogens is 3. The van der Waals surface area contributed by atoms with Crippen LogP contribution in [0.2, 0.25) is 0 Å². The molecule has 1 aromatic rings. The molecule has 0 aromatic heterocycles. The number of aliphatic imine (C=N–C) groups is 1. The zero-order valence-electron chi connectivity index (χ0n) is 11.1. The average molecular weight is 397 g/mol. The first kappa shape index (κ1) is 18.6. The minimum absolute atomic E-state index is 0. The molecule has 0 unspecified atom stereocenters. The lowest BCUT2D eigenvalue weighted by Crippen LogP contribution is -2.36. The van der Waals surface area contributed by atoms with Crippen LogP contribution in [0.1, 0.15) is 5.56 Å². The molecule has 0 saturated heterocycles. The van der Waals surface area contributed by atoms with Crippen molar-refractivity contribution in [2.75, 3.05) is 13.6 Å². The minimum Gasteiger partial charge on any atom is -0.435 e. The molecule has 0 aliphatic heterocycles. The quantitative estimate of drug-likeness (QED) is 0.336. The zero-order valence-corrected chi connectivity index (χ0v) is 13.4. The maximum atomic E-state index is 12.1. The van der Waals surface area contributed by atoms with Gasteiger partial charge in [0.1, 0.15) is 5.75 Å². The lowest BCUT2D eigenvalue weighted by Gasteiger charge is -2.11. The van der Waals surface area contributed by atoms with Crippen LogP contribution < -0.4 is 15.4 Å². The van der Waals surface area contributed by atoms with E-state index < -0.39 is 6.61 Å². The molecule has 0 radical (unpaired) electrons. The van der Waals surface area contributed by atoms with Gasteiger partial charge in [-0.05, 0) is 17.7 Å². The number of guanidine groups is 1. The highest BCUT2D eigenvalue weighted by atomic mass is 127. The second-order valence-corrected chi connectivity index (χ2v) is 3.62. The molecule has 0 aliphatic rings. The van der Waals surface area contributed by atoms with Gasteiger partial charge >= 0.3 is 6.61 Å². The first-order valence-electron chi connectivity index (χ1n) is 5.75. The summed E-state index contributed by atoms with van der Waals surface area (Å²) in [7, 11) is 1.65. The van der Waals surface area contributed by atoms with Gasteiger partial charge in [-0.2, -0.15) is 8.78 Å². The van der Waals surface area contributed by atoms with E-state index in [0.717, 1.165) is 5.56 Å². The lowest BCUT2D eigenvalue weighted by atomic mass is 10.2. The molecule has 0 bridgehead atoms. The molecule has 0 aliphatic carbocycles. The van der Waals surface area contributed by atoms with E-state index in [0.29, 0.717) is 19.0 Å². The summed E-state index contributed by atoms with van der Waals surface area (Å²) in [5, 5.41) is 6.05. The summed E-state index contributed by atoms with van der Waals surface area (Å²) in [5.41, 5.74) is 0.819. The highest BCUT2D eigenvalue weighted by Gasteiger charge is 2.04. The standard InChI is InChI=1S/C13H17F2N3O.HI/c1-3-7-17-13(16-2)18-9-10-5-4-6-11(8-10)19-12(14)15;/h3-6,8,12H,1,7,9H2,2H3,(H2,16,17,18);1H. The van der Waals surface area contributed by atoms with Crippen LogP contribution in [0.5, 0.6) is 5.75 Å². The van der Waals surface area contributed by atoms with Gasteiger partial charge in [0, 0.05) is 20.1 Å². The third-order valence-electron chi connectivity index (χ3n) is 2.22. The van der Waals surface area contributed by atoms with Gasteiger partial charge in [-0.15, -0.1) is 30.6 Å². The van der Waals surface area contributed by atoms with Gasteiger partial charge in [-0.1, -0.05) is 18.2 Å². The molecule has 20 heavy (non-hydrogen) atoms. The normalized spacial score (nSPS) is 10.7. The molecule has 0 saturated carbocycles. The fraction of sp³-hybridized carbons (Fsp3) is 0.308. The molecule has 0 heterocycles. The minimum atomic E-state index is -2.81. The van der Waals surface area contributed by atoms with Crippen molar-refractivity contribution in [1.29, 1.82) is 0 Å². The maximum absolute atomic E-state index is 12.1. The number of benzene rings is 1. The van der Waals surface area contributed by atoms with Crippen molar-refractivity contribution >= 4 is 29.9 Å². The number of hydrogen-bond donors (Lipinski definition) is 2. The van der Waals surface area contributed by atoms with E-state index in [1.807, 2.05) is 6.07 Å². The third kappa shape index (κ3) is 7.27. The van der Waals surface area contributed by atoms with E-state index in [9.17, 15) is 8.78 Å². The van der Waals surface area contributed by atoms with Crippen LogP contribution in [0.25, 0.3) is 0 Å². The Kier molecular flexibility index (Phi) is 9.69. The molecule has 2 N–H and O–H groups in total. The topological polar surface area (TPSA) is 45.7 Å². The van der Waals surface area contributed by atoms with E-state index in [4.69, 9.17) is 0 Å². The number of hydrogen-bond acceptors (Lipinski definition) is 2. The summed E-state index contributed by atoms with van der Waals surface area (Å²) in [6.07, 6.45) is 1.71. The number of alkyl halides is 2. The van der Waals surface area contributed by atoms with E-state index >= 15 is 0 Å². The highest BCUT2D eigenvalue weighted by Crippen LogP contribution is 2.15. The van der Waals surface area contributed by atoms with Crippen LogP contribution in [-0.4, -0.2) is 26.2 Å². The fourth-order valence-electron chi connectivity index (χ4n) is 1.41. The molecule has 0 fully saturated rings. The summed E-state index contributed by atoms with van der Waals surface area (Å²) in [6.45, 7) is 1.82. The van der Waals surface area contributed by atoms with Crippen LogP contribution in [0.15, 0.2) is 41.9 Å². The number of ether oxygens (including phenoxy) is 1. The molecule has 4 nitrogen and oxygen atoms in total. The molecule has 0 spiro atoms. The van der Waals surface area contributed by atoms with Gasteiger partial charge in [0.15, 0.2) is 5.96 Å². The van der Waals surface area contributed by atoms with Crippen molar-refractivity contribution in [1.82, 2.24) is 10.6 Å². The van der Waals surface area contributed by atoms with Gasteiger partial charge in [0.2, 0.25) is 0 Å². The number of rotatable bonds is 6. The summed E-state index contributed by atoms with van der Waals surface area (Å²) >= 11 is 0. The molecule has 1 aromatic carbocycles. The molecular formula is C13H18F2IN3O. The van der Waals surface area contributed by atoms with Crippen LogP contribution in [-0.2, 0) is 6.54 Å². The van der Waals surface area contributed by atoms with Gasteiger partial charge in [0.05, 0.1) is 0 Å². The summed E-state index contributed by atoms with van der Waals surface area (Å²) in [4.78, 5) is 4.01. The summed E-state index contributed by atoms with van der Waals surface area (Å²) in [6, 6.07) is 6.52. The predicted octanol–water partition coefficient (Wildman–Crippen LogP) is 2.76. The molecule has 7 heteroatoms. The third-order valence-corrected chi connectivity index (χ3v) is 2.22. The van der Waals surface area contributed by atoms with E-state index in [1.165, 1.54) is 6.07 Å². The van der Waals surface area contributed by atoms with E-state index in [1.54, 1.807) is 25.3 Å². The van der Waals surface area contributed by atoms with Gasteiger partial charge < -0.3 is 15.4 Å². The fourth-order valence-corrected chi connectivity index (χ4v) is 1.41. The SMILES string of the molecule is C=CCNC(=NC)NCc1cccc(OC(F)F)c1.I. The Bertz CT molecular complexity index is 441. The molecule has 0 atom stereocenters. The number of nitrogens with zero attached hydrogens (tertiary/aromatic N) is 1. The van der Waals surface area contributed by atoms with Crippen LogP contribution in [0.4, 0.5) is 8.78 Å². The first-order valence-corrected chi connectivity index (χ1v) is 5.75. The smallest absolute Gasteiger partial charge is 0.387 e. The van der Waals surface area contributed by atoms with Crippen molar-refractivity contribution in [3.8, 4) is 5.75 Å². The monoisotopic (exact) mass is 397 g/mol.